The summed E-state index contributed by atoms with van der Waals surface area (Å²) < 4.78 is 60.8. The number of rotatable bonds is 26. The Kier molecular flexibility index (Phi) is 30.6. The fourth-order valence-electron chi connectivity index (χ4n) is 5.81. The largest absolute Gasteiger partial charge is 0.472 e. The van der Waals surface area contributed by atoms with Crippen LogP contribution in [0.25, 0.3) is 0 Å². The van der Waals surface area contributed by atoms with E-state index in [1.54, 1.807) is 0 Å². The second-order valence-corrected chi connectivity index (χ2v) is 18.0. The van der Waals surface area contributed by atoms with E-state index in [-0.39, 0.29) is 31.1 Å². The van der Waals surface area contributed by atoms with Crippen molar-refractivity contribution in [1.82, 2.24) is 6.15 Å². The zero-order chi connectivity index (χ0) is 46.4. The number of phosphoric acid groups is 2. The fourth-order valence-corrected chi connectivity index (χ4v) is 8.35. The van der Waals surface area contributed by atoms with Gasteiger partial charge in [0.25, 0.3) is 0 Å². The van der Waals surface area contributed by atoms with Gasteiger partial charge in [-0.05, 0) is 77.5 Å². The summed E-state index contributed by atoms with van der Waals surface area (Å²) in [7, 11) is -16.1. The molecule has 0 aromatic heterocycles. The van der Waals surface area contributed by atoms with E-state index in [1.807, 2.05) is 5.92 Å². The Hall–Kier alpha value is -3.93. The molecule has 374 valence electrons. The predicted molar refractivity (Wildman–Crippen MR) is 255 cm³/mol. The normalized spacial score (nSPS) is 20.3. The Morgan fingerprint density at radius 2 is 1.11 bits per heavy atom. The molecular formula is C41H82NO18P3. The second kappa shape index (κ2) is 32.7. The third-order valence-electron chi connectivity index (χ3n) is 8.65. The molecule has 1 saturated carbocycles. The van der Waals surface area contributed by atoms with Gasteiger partial charge in [0.15, 0.2) is 6.10 Å². The lowest BCUT2D eigenvalue weighted by Gasteiger charge is -2.45. The fraction of sp³-hybridized carbons (Fsp3) is 0.610. The van der Waals surface area contributed by atoms with E-state index in [0.29, 0.717) is 12.8 Å². The van der Waals surface area contributed by atoms with Crippen molar-refractivity contribution < 1.29 is 105 Å². The molecule has 1 rings (SSSR count). The summed E-state index contributed by atoms with van der Waals surface area (Å²) in [5, 5.41) is 31.9. The number of esters is 2. The van der Waals surface area contributed by atoms with Crippen LogP contribution in [0.5, 0.6) is 0 Å². The molecule has 0 amide bonds. The van der Waals surface area contributed by atoms with Gasteiger partial charge in [0.05, 0.1) is 18.9 Å². The molecule has 22 heteroatoms. The van der Waals surface area contributed by atoms with Crippen LogP contribution in [-0.4, -0.2) is 108 Å². The predicted octanol–water partition coefficient (Wildman–Crippen LogP) is 5.81. The quantitative estimate of drug-likeness (QED) is 0.0162. The van der Waals surface area contributed by atoms with Crippen LogP contribution >= 0.6 is 23.2 Å². The first-order valence-corrected chi connectivity index (χ1v) is 24.4. The van der Waals surface area contributed by atoms with Gasteiger partial charge in [0.1, 0.15) is 31.0 Å². The third kappa shape index (κ3) is 29.2. The van der Waals surface area contributed by atoms with Crippen molar-refractivity contribution in [2.24, 2.45) is 5.92 Å². The van der Waals surface area contributed by atoms with E-state index in [1.165, 1.54) is 44.9 Å². The number of ether oxygens (including phenoxy) is 2. The first-order valence-electron chi connectivity index (χ1n) is 19.6. The SMILES string of the molecule is C#CC#CC#CC#CC#CC#CC#CC(=O)OC[C@H](COP(=O)(O)OC1C(O)[C@H](O)[C@H](CP(=O)(O)O)C(OP(=O)(O)O)[C@@H]1O)OC(=O)CCCCCCCCCCCCCCC.N.[HH].[HH].[HH].[HH].[HH].[HH].[HH].[HH].[HH].[HH].[HH].[HH].[HH]. The van der Waals surface area contributed by atoms with Gasteiger partial charge in [-0.15, -0.1) is 6.42 Å². The number of hydrogen-bond donors (Lipinski definition) is 9. The molecule has 0 radical (unpaired) electrons. The van der Waals surface area contributed by atoms with Crippen molar-refractivity contribution in [3.63, 3.8) is 0 Å². The smallest absolute Gasteiger partial charge is 0.456 e. The van der Waals surface area contributed by atoms with Gasteiger partial charge >= 0.3 is 35.2 Å². The molecule has 19 nitrogen and oxygen atoms in total. The molecule has 4 unspecified atom stereocenters. The number of phosphoric ester groups is 2. The van der Waals surface area contributed by atoms with Gasteiger partial charge in [0, 0.05) is 36.8 Å². The molecule has 0 heterocycles. The van der Waals surface area contributed by atoms with Crippen LogP contribution in [0.1, 0.15) is 115 Å². The van der Waals surface area contributed by atoms with Gasteiger partial charge in [-0.25, -0.2) is 13.9 Å². The Balaban J connectivity index is -0.000000229. The number of aliphatic hydroxyl groups is 3. The number of carbonyl (C=O) groups excluding carboxylic acids is 2. The van der Waals surface area contributed by atoms with Crippen LogP contribution in [0, 0.1) is 89.3 Å². The monoisotopic (exact) mass is 969 g/mol. The Morgan fingerprint density at radius 3 is 1.59 bits per heavy atom. The number of aliphatic hydroxyl groups excluding tert-OH is 3. The van der Waals surface area contributed by atoms with Crippen LogP contribution in [0.2, 0.25) is 0 Å². The van der Waals surface area contributed by atoms with E-state index in [4.69, 9.17) is 24.9 Å². The molecule has 0 aromatic rings. The number of unbranched alkanes of at least 4 members (excludes halogenated alkanes) is 12. The van der Waals surface area contributed by atoms with Crippen LogP contribution in [-0.2, 0) is 46.3 Å². The first-order chi connectivity index (χ1) is 29.3. The lowest BCUT2D eigenvalue weighted by molar-refractivity contribution is -0.193. The maximum atomic E-state index is 13.0. The van der Waals surface area contributed by atoms with Crippen LogP contribution in [0.15, 0.2) is 0 Å². The van der Waals surface area contributed by atoms with Crippen LogP contribution in [0.3, 0.4) is 0 Å². The summed E-state index contributed by atoms with van der Waals surface area (Å²) >= 11 is 0. The second-order valence-electron chi connectivity index (χ2n) is 13.7. The van der Waals surface area contributed by atoms with Gasteiger partial charge in [-0.3, -0.25) is 22.9 Å². The van der Waals surface area contributed by atoms with Gasteiger partial charge < -0.3 is 55.4 Å². The molecule has 1 fully saturated rings. The molecule has 1 aliphatic carbocycles. The molecule has 1 aliphatic rings. The van der Waals surface area contributed by atoms with Crippen molar-refractivity contribution in [3.8, 4) is 83.4 Å². The summed E-state index contributed by atoms with van der Waals surface area (Å²) in [6.45, 7) is 0.397. The minimum atomic E-state index is -5.55. The van der Waals surface area contributed by atoms with Crippen molar-refractivity contribution in [3.05, 3.63) is 0 Å². The summed E-state index contributed by atoms with van der Waals surface area (Å²) in [5.41, 5.74) is 0. The molecule has 11 N–H and O–H groups in total. The van der Waals surface area contributed by atoms with Crippen molar-refractivity contribution in [1.29, 1.82) is 0 Å². The van der Waals surface area contributed by atoms with E-state index in [2.05, 4.69) is 82.5 Å². The zero-order valence-corrected chi connectivity index (χ0v) is 37.5. The highest BCUT2D eigenvalue weighted by Gasteiger charge is 2.55. The number of terminal acetylenes is 1. The summed E-state index contributed by atoms with van der Waals surface area (Å²) in [6.07, 6.45) is 3.91. The Morgan fingerprint density at radius 1 is 0.635 bits per heavy atom. The van der Waals surface area contributed by atoms with E-state index in [0.717, 1.165) is 25.7 Å². The summed E-state index contributed by atoms with van der Waals surface area (Å²) in [5.74, 6) is 25.7. The van der Waals surface area contributed by atoms with Crippen molar-refractivity contribution >= 4 is 35.2 Å². The highest BCUT2D eigenvalue weighted by Crippen LogP contribution is 2.51. The molecule has 8 atom stereocenters. The van der Waals surface area contributed by atoms with Crippen LogP contribution < -0.4 is 6.15 Å². The molecule has 0 aromatic carbocycles. The first kappa shape index (κ1) is 59.1. The lowest BCUT2D eigenvalue weighted by Crippen LogP contribution is -2.62. The molecule has 0 bridgehead atoms. The number of hydrogen-bond acceptors (Lipinski definition) is 14. The van der Waals surface area contributed by atoms with Gasteiger partial charge in [-0.2, -0.15) is 0 Å². The molecule has 0 aliphatic heterocycles. The highest BCUT2D eigenvalue weighted by molar-refractivity contribution is 7.51. The minimum absolute atomic E-state index is 0. The Bertz CT molecular complexity index is 2080. The Labute approximate surface area is 388 Å². The molecule has 63 heavy (non-hydrogen) atoms. The molecule has 0 saturated heterocycles. The summed E-state index contributed by atoms with van der Waals surface area (Å²) in [4.78, 5) is 73.0. The average Bonchev–Trinajstić information content (AvgIpc) is 3.19. The molecule has 0 spiro atoms. The van der Waals surface area contributed by atoms with Crippen molar-refractivity contribution in [2.75, 3.05) is 19.4 Å². The third-order valence-corrected chi connectivity index (χ3v) is 11.1. The van der Waals surface area contributed by atoms with Crippen molar-refractivity contribution in [2.45, 2.75) is 133 Å². The van der Waals surface area contributed by atoms with E-state index < -0.39 is 97.1 Å². The maximum absolute atomic E-state index is 13.0. The maximum Gasteiger partial charge on any atom is 0.472 e. The average molecular weight is 970 g/mol. The topological polar surface area (TPSA) is 328 Å². The minimum Gasteiger partial charge on any atom is -0.456 e. The zero-order valence-electron chi connectivity index (χ0n) is 34.8. The van der Waals surface area contributed by atoms with E-state index >= 15 is 0 Å². The van der Waals surface area contributed by atoms with Crippen LogP contribution in [0.4, 0.5) is 0 Å². The lowest BCUT2D eigenvalue weighted by atomic mass is 9.79. The standard InChI is InChI=1S/C41H53O18P3.H3N.13H2/c1-3-5-7-9-11-13-15-17-19-21-23-25-27-29-36(43)57-33(30-55-35(42)28-26-24-22-20-18-16-14-12-10-8-6-4-2)31-56-62(53,54)59-41-38(45)37(44)34(32-60(47,48)49)40(39(41)46)58-61(50,51)52;;;;;;;;;;;;;;/h2,33-34,37-41,44-46H,3,5,7,9,11,13,15,17,19,21,23,25,27,29-32H2,1H3,(H,53,54)(H2,47,48,49)(H2,50,51,52);1H3;13*1H/t33-,34+,37-,38?,39+,40?,41?;;;;;;;;;;;;;;/m1............../s1. The number of carbonyl (C=O) groups is 2. The van der Waals surface area contributed by atoms with E-state index in [9.17, 15) is 63.1 Å². The molecular weight excluding hydrogens is 887 g/mol. The highest BCUT2D eigenvalue weighted by atomic mass is 31.2. The van der Waals surface area contributed by atoms with Gasteiger partial charge in [-0.1, -0.05) is 84.0 Å². The van der Waals surface area contributed by atoms with Gasteiger partial charge in [0.2, 0.25) is 0 Å². The summed E-state index contributed by atoms with van der Waals surface area (Å²) in [6, 6.07) is 0.